The summed E-state index contributed by atoms with van der Waals surface area (Å²) in [4.78, 5) is 11.3. The van der Waals surface area contributed by atoms with Crippen molar-refractivity contribution in [1.82, 2.24) is 0 Å². The minimum absolute atomic E-state index is 0.0223. The summed E-state index contributed by atoms with van der Waals surface area (Å²) < 4.78 is 16.4. The number of hydrogen-bond donors (Lipinski definition) is 0. The zero-order valence-corrected chi connectivity index (χ0v) is 13.5. The molecule has 0 saturated carbocycles. The molecule has 19 heavy (non-hydrogen) atoms. The molecule has 0 N–H and O–H groups in total. The number of ether oxygens (including phenoxy) is 2. The highest BCUT2D eigenvalue weighted by Crippen LogP contribution is 2.26. The summed E-state index contributed by atoms with van der Waals surface area (Å²) in [7, 11) is -0.174. The van der Waals surface area contributed by atoms with Crippen LogP contribution < -0.4 is 0 Å². The Bertz CT molecular complexity index is 322. The average molecular weight is 286 g/mol. The predicted octanol–water partition coefficient (Wildman–Crippen LogP) is 3.24. The number of methoxy groups -OCH3 is 1. The molecule has 0 radical (unpaired) electrons. The first-order valence-corrected chi connectivity index (χ1v) is 10.3. The van der Waals surface area contributed by atoms with Crippen LogP contribution >= 0.6 is 0 Å². The summed E-state index contributed by atoms with van der Waals surface area (Å²) in [6, 6.07) is 0. The summed E-state index contributed by atoms with van der Waals surface area (Å²) >= 11 is 0. The molecule has 0 aromatic heterocycles. The summed E-state index contributed by atoms with van der Waals surface area (Å²) in [5.74, 6) is 0.603. The van der Waals surface area contributed by atoms with Crippen LogP contribution in [0.25, 0.3) is 0 Å². The highest BCUT2D eigenvalue weighted by molar-refractivity contribution is 6.70. The van der Waals surface area contributed by atoms with Gasteiger partial charge in [0.05, 0.1) is 31.5 Å². The van der Waals surface area contributed by atoms with Gasteiger partial charge in [0, 0.05) is 6.42 Å². The molecule has 0 aliphatic carbocycles. The monoisotopic (exact) mass is 286 g/mol. The zero-order valence-electron chi connectivity index (χ0n) is 12.5. The molecule has 1 aliphatic rings. The lowest BCUT2D eigenvalue weighted by molar-refractivity contribution is -0.146. The van der Waals surface area contributed by atoms with Crippen LogP contribution in [-0.4, -0.2) is 33.6 Å². The molecule has 2 atom stereocenters. The molecule has 0 unspecified atom stereocenters. The molecule has 1 saturated heterocycles. The largest absolute Gasteiger partial charge is 0.548 e. The molecule has 1 rings (SSSR count). The molecule has 0 aromatic rings. The van der Waals surface area contributed by atoms with E-state index in [9.17, 15) is 4.79 Å². The molecule has 1 aliphatic heterocycles. The standard InChI is InChI=1S/C14H26O4Si/c1-11(18-19(3,4)5)9-12-7-6-8-13(17-12)10-14(15)16-2/h12-13H,1,6-10H2,2-5H3/t12-,13+/m0/s1. The maximum atomic E-state index is 11.3. The van der Waals surface area contributed by atoms with E-state index in [-0.39, 0.29) is 18.2 Å². The van der Waals surface area contributed by atoms with Crippen molar-refractivity contribution in [2.75, 3.05) is 7.11 Å². The molecule has 1 fully saturated rings. The van der Waals surface area contributed by atoms with E-state index >= 15 is 0 Å². The molecule has 4 nitrogen and oxygen atoms in total. The van der Waals surface area contributed by atoms with Crippen molar-refractivity contribution in [2.45, 2.75) is 64.0 Å². The fourth-order valence-electron chi connectivity index (χ4n) is 2.28. The van der Waals surface area contributed by atoms with Gasteiger partial charge in [-0.05, 0) is 38.9 Å². The first-order chi connectivity index (χ1) is 8.80. The normalized spacial score (nSPS) is 23.8. The summed E-state index contributed by atoms with van der Waals surface area (Å²) in [6.45, 7) is 10.4. The second-order valence-corrected chi connectivity index (χ2v) is 10.5. The van der Waals surface area contributed by atoms with E-state index in [1.165, 1.54) is 7.11 Å². The van der Waals surface area contributed by atoms with Crippen LogP contribution in [0.1, 0.15) is 32.1 Å². The van der Waals surface area contributed by atoms with E-state index < -0.39 is 8.32 Å². The number of carbonyl (C=O) groups excluding carboxylic acids is 1. The van der Waals surface area contributed by atoms with Crippen molar-refractivity contribution < 1.29 is 18.7 Å². The second kappa shape index (κ2) is 7.10. The minimum atomic E-state index is -1.58. The smallest absolute Gasteiger partial charge is 0.308 e. The number of hydrogen-bond acceptors (Lipinski definition) is 4. The highest BCUT2D eigenvalue weighted by Gasteiger charge is 2.26. The lowest BCUT2D eigenvalue weighted by Gasteiger charge is -2.31. The molecule has 0 amide bonds. The Morgan fingerprint density at radius 3 is 2.37 bits per heavy atom. The molecule has 0 spiro atoms. The molecule has 1 heterocycles. The first kappa shape index (κ1) is 16.2. The Hall–Kier alpha value is -0.813. The lowest BCUT2D eigenvalue weighted by Crippen LogP contribution is -2.31. The summed E-state index contributed by atoms with van der Waals surface area (Å²) in [5.41, 5.74) is 0. The van der Waals surface area contributed by atoms with Crippen molar-refractivity contribution >= 4 is 14.3 Å². The Kier molecular flexibility index (Phi) is 6.07. The van der Waals surface area contributed by atoms with Crippen molar-refractivity contribution in [1.29, 1.82) is 0 Å². The second-order valence-electron chi connectivity index (χ2n) is 6.05. The summed E-state index contributed by atoms with van der Waals surface area (Å²) in [5, 5.41) is 0. The van der Waals surface area contributed by atoms with Crippen LogP contribution in [-0.2, 0) is 18.7 Å². The van der Waals surface area contributed by atoms with Gasteiger partial charge in [-0.3, -0.25) is 4.79 Å². The van der Waals surface area contributed by atoms with E-state index in [2.05, 4.69) is 31.0 Å². The quantitative estimate of drug-likeness (QED) is 0.427. The Labute approximate surface area is 117 Å². The maximum absolute atomic E-state index is 11.3. The van der Waals surface area contributed by atoms with Gasteiger partial charge in [-0.2, -0.15) is 0 Å². The van der Waals surface area contributed by atoms with Crippen LogP contribution in [0.3, 0.4) is 0 Å². The molecular formula is C14H26O4Si. The van der Waals surface area contributed by atoms with Gasteiger partial charge in [-0.1, -0.05) is 6.58 Å². The van der Waals surface area contributed by atoms with Gasteiger partial charge in [-0.25, -0.2) is 0 Å². The maximum Gasteiger partial charge on any atom is 0.308 e. The van der Waals surface area contributed by atoms with Crippen molar-refractivity contribution in [3.05, 3.63) is 12.3 Å². The Morgan fingerprint density at radius 2 is 1.84 bits per heavy atom. The Morgan fingerprint density at radius 1 is 1.26 bits per heavy atom. The van der Waals surface area contributed by atoms with E-state index in [1.807, 2.05) is 0 Å². The van der Waals surface area contributed by atoms with Gasteiger partial charge in [0.25, 0.3) is 0 Å². The third-order valence-corrected chi connectivity index (χ3v) is 3.87. The van der Waals surface area contributed by atoms with Crippen LogP contribution in [0.5, 0.6) is 0 Å². The molecular weight excluding hydrogens is 260 g/mol. The van der Waals surface area contributed by atoms with E-state index in [0.29, 0.717) is 6.42 Å². The molecule has 0 aromatic carbocycles. The van der Waals surface area contributed by atoms with E-state index in [0.717, 1.165) is 31.4 Å². The van der Waals surface area contributed by atoms with Crippen molar-refractivity contribution in [2.24, 2.45) is 0 Å². The average Bonchev–Trinajstić information content (AvgIpc) is 2.26. The fourth-order valence-corrected chi connectivity index (χ4v) is 3.23. The summed E-state index contributed by atoms with van der Waals surface area (Å²) in [6.07, 6.45) is 4.17. The van der Waals surface area contributed by atoms with Crippen LogP contribution in [0.2, 0.25) is 19.6 Å². The van der Waals surface area contributed by atoms with Gasteiger partial charge < -0.3 is 13.9 Å². The molecule has 0 bridgehead atoms. The van der Waals surface area contributed by atoms with Gasteiger partial charge >= 0.3 is 5.97 Å². The van der Waals surface area contributed by atoms with Crippen molar-refractivity contribution in [3.8, 4) is 0 Å². The SMILES string of the molecule is C=C(C[C@@H]1CCC[C@H](CC(=O)OC)O1)O[Si](C)(C)C. The van der Waals surface area contributed by atoms with Crippen LogP contribution in [0.15, 0.2) is 12.3 Å². The predicted molar refractivity (Wildman–Crippen MR) is 77.3 cm³/mol. The van der Waals surface area contributed by atoms with E-state index in [1.54, 1.807) is 0 Å². The first-order valence-electron chi connectivity index (χ1n) is 6.89. The highest BCUT2D eigenvalue weighted by atomic mass is 28.4. The van der Waals surface area contributed by atoms with Gasteiger partial charge in [0.2, 0.25) is 8.32 Å². The zero-order chi connectivity index (χ0) is 14.5. The van der Waals surface area contributed by atoms with Gasteiger partial charge in [-0.15, -0.1) is 0 Å². The Balaban J connectivity index is 2.38. The van der Waals surface area contributed by atoms with Crippen LogP contribution in [0.4, 0.5) is 0 Å². The van der Waals surface area contributed by atoms with Crippen molar-refractivity contribution in [3.63, 3.8) is 0 Å². The third-order valence-electron chi connectivity index (χ3n) is 2.96. The fraction of sp³-hybridized carbons (Fsp3) is 0.786. The third kappa shape index (κ3) is 6.78. The van der Waals surface area contributed by atoms with E-state index in [4.69, 9.17) is 9.16 Å². The molecule has 5 heteroatoms. The van der Waals surface area contributed by atoms with Gasteiger partial charge in [0.15, 0.2) is 0 Å². The number of esters is 1. The number of rotatable bonds is 6. The van der Waals surface area contributed by atoms with Gasteiger partial charge in [0.1, 0.15) is 0 Å². The van der Waals surface area contributed by atoms with Crippen LogP contribution in [0, 0.1) is 0 Å². The topological polar surface area (TPSA) is 44.8 Å². The molecule has 110 valence electrons. The minimum Gasteiger partial charge on any atom is -0.548 e. The number of carbonyl (C=O) groups is 1. The lowest BCUT2D eigenvalue weighted by atomic mass is 10.00.